The summed E-state index contributed by atoms with van der Waals surface area (Å²) in [7, 11) is 0. The zero-order valence-corrected chi connectivity index (χ0v) is 18.5. The van der Waals surface area contributed by atoms with Crippen LogP contribution in [0.1, 0.15) is 44.6 Å². The molecule has 2 unspecified atom stereocenters. The number of carbonyl (C=O) groups excluding carboxylic acids is 1. The number of anilines is 1. The number of thiophene rings is 1. The van der Waals surface area contributed by atoms with Crippen molar-refractivity contribution in [1.29, 1.82) is 0 Å². The van der Waals surface area contributed by atoms with E-state index < -0.39 is 5.60 Å². The Labute approximate surface area is 177 Å². The molecule has 1 aromatic heterocycles. The fourth-order valence-corrected chi connectivity index (χ4v) is 3.43. The second kappa shape index (κ2) is 11.0. The lowest BCUT2D eigenvalue weighted by atomic mass is 10.1. The van der Waals surface area contributed by atoms with Crippen LogP contribution >= 0.6 is 11.3 Å². The maximum atomic E-state index is 12.1. The Morgan fingerprint density at radius 3 is 2.69 bits per heavy atom. The van der Waals surface area contributed by atoms with Gasteiger partial charge in [-0.1, -0.05) is 32.0 Å². The van der Waals surface area contributed by atoms with Gasteiger partial charge in [-0.05, 0) is 49.4 Å². The molecular formula is C22H32N4O2S. The van der Waals surface area contributed by atoms with Crippen LogP contribution < -0.4 is 16.0 Å². The number of amides is 1. The van der Waals surface area contributed by atoms with Crippen molar-refractivity contribution in [2.45, 2.75) is 46.3 Å². The number of benzene rings is 1. The maximum Gasteiger partial charge on any atom is 0.227 e. The van der Waals surface area contributed by atoms with E-state index in [1.807, 2.05) is 62.5 Å². The predicted octanol–water partition coefficient (Wildman–Crippen LogP) is 3.70. The number of rotatable bonds is 9. The van der Waals surface area contributed by atoms with Gasteiger partial charge in [-0.2, -0.15) is 0 Å². The van der Waals surface area contributed by atoms with Crippen LogP contribution in [0.15, 0.2) is 46.8 Å². The number of hydrogen-bond acceptors (Lipinski definition) is 4. The Hall–Kier alpha value is -2.38. The van der Waals surface area contributed by atoms with Gasteiger partial charge >= 0.3 is 0 Å². The van der Waals surface area contributed by atoms with Crippen LogP contribution in [0.2, 0.25) is 0 Å². The molecule has 0 aliphatic heterocycles. The van der Waals surface area contributed by atoms with Crippen LogP contribution in [0, 0.1) is 5.92 Å². The average Bonchev–Trinajstić information content (AvgIpc) is 3.25. The monoisotopic (exact) mass is 416 g/mol. The molecule has 6 nitrogen and oxygen atoms in total. The molecule has 4 N–H and O–H groups in total. The standard InChI is InChI=1S/C22H32N4O2S/c1-5-16(3)20(27)26-18-10-7-9-17(13-18)14-24-21(23-6-2)25-15-22(4,28)19-11-8-12-29-19/h7-13,16,28H,5-6,14-15H2,1-4H3,(H,26,27)(H2,23,24,25). The van der Waals surface area contributed by atoms with Crippen LogP contribution in [-0.2, 0) is 16.9 Å². The van der Waals surface area contributed by atoms with E-state index in [1.54, 1.807) is 6.92 Å². The first kappa shape index (κ1) is 22.9. The van der Waals surface area contributed by atoms with Crippen molar-refractivity contribution < 1.29 is 9.90 Å². The van der Waals surface area contributed by atoms with E-state index in [0.29, 0.717) is 19.0 Å². The van der Waals surface area contributed by atoms with Gasteiger partial charge in [0, 0.05) is 23.0 Å². The van der Waals surface area contributed by atoms with E-state index >= 15 is 0 Å². The summed E-state index contributed by atoms with van der Waals surface area (Å²) in [6.07, 6.45) is 0.808. The number of aliphatic hydroxyl groups is 1. The minimum Gasteiger partial charge on any atom is -0.383 e. The molecule has 0 saturated carbocycles. The molecule has 7 heteroatoms. The normalized spacial score (nSPS) is 14.7. The highest BCUT2D eigenvalue weighted by Crippen LogP contribution is 2.24. The molecule has 0 aliphatic rings. The van der Waals surface area contributed by atoms with E-state index in [1.165, 1.54) is 11.3 Å². The molecule has 2 rings (SSSR count). The zero-order chi connectivity index (χ0) is 21.3. The van der Waals surface area contributed by atoms with Crippen molar-refractivity contribution in [3.05, 3.63) is 52.2 Å². The van der Waals surface area contributed by atoms with Gasteiger partial charge < -0.3 is 21.1 Å². The lowest BCUT2D eigenvalue weighted by Gasteiger charge is -2.23. The topological polar surface area (TPSA) is 85.8 Å². The van der Waals surface area contributed by atoms with Crippen molar-refractivity contribution in [3.8, 4) is 0 Å². The van der Waals surface area contributed by atoms with E-state index in [-0.39, 0.29) is 11.8 Å². The SMILES string of the molecule is CCNC(=NCc1cccc(NC(=O)C(C)CC)c1)NCC(C)(O)c1cccs1. The van der Waals surface area contributed by atoms with E-state index in [4.69, 9.17) is 0 Å². The highest BCUT2D eigenvalue weighted by molar-refractivity contribution is 7.10. The number of carbonyl (C=O) groups is 1. The fourth-order valence-electron chi connectivity index (χ4n) is 2.64. The molecular weight excluding hydrogens is 384 g/mol. The Morgan fingerprint density at radius 1 is 1.24 bits per heavy atom. The lowest BCUT2D eigenvalue weighted by molar-refractivity contribution is -0.119. The molecule has 0 aliphatic carbocycles. The highest BCUT2D eigenvalue weighted by atomic mass is 32.1. The molecule has 0 bridgehead atoms. The minimum absolute atomic E-state index is 0.0163. The number of hydrogen-bond donors (Lipinski definition) is 4. The minimum atomic E-state index is -0.968. The number of aliphatic imine (C=N–C) groups is 1. The smallest absolute Gasteiger partial charge is 0.227 e. The van der Waals surface area contributed by atoms with E-state index in [9.17, 15) is 9.90 Å². The summed E-state index contributed by atoms with van der Waals surface area (Å²) in [5, 5.41) is 22.0. The molecule has 1 heterocycles. The fraction of sp³-hybridized carbons (Fsp3) is 0.455. The Balaban J connectivity index is 2.00. The molecule has 158 valence electrons. The first-order valence-electron chi connectivity index (χ1n) is 10.0. The molecule has 0 spiro atoms. The Bertz CT molecular complexity index is 803. The Morgan fingerprint density at radius 2 is 2.03 bits per heavy atom. The quantitative estimate of drug-likeness (QED) is 0.371. The number of nitrogens with one attached hydrogen (secondary N) is 3. The van der Waals surface area contributed by atoms with Crippen molar-refractivity contribution in [2.24, 2.45) is 10.9 Å². The van der Waals surface area contributed by atoms with Gasteiger partial charge in [0.1, 0.15) is 5.60 Å². The molecule has 29 heavy (non-hydrogen) atoms. The third-order valence-electron chi connectivity index (χ3n) is 4.67. The van der Waals surface area contributed by atoms with Gasteiger partial charge in [0.05, 0.1) is 13.1 Å². The van der Waals surface area contributed by atoms with Crippen LogP contribution in [0.3, 0.4) is 0 Å². The summed E-state index contributed by atoms with van der Waals surface area (Å²) >= 11 is 1.53. The van der Waals surface area contributed by atoms with Crippen LogP contribution in [0.4, 0.5) is 5.69 Å². The summed E-state index contributed by atoms with van der Waals surface area (Å²) in [5.41, 5.74) is 0.806. The van der Waals surface area contributed by atoms with Crippen LogP contribution in [0.25, 0.3) is 0 Å². The van der Waals surface area contributed by atoms with Gasteiger partial charge in [-0.15, -0.1) is 11.3 Å². The summed E-state index contributed by atoms with van der Waals surface area (Å²) in [5.74, 6) is 0.648. The van der Waals surface area contributed by atoms with Gasteiger partial charge in [0.2, 0.25) is 5.91 Å². The first-order chi connectivity index (χ1) is 13.9. The molecule has 0 saturated heterocycles. The maximum absolute atomic E-state index is 12.1. The summed E-state index contributed by atoms with van der Waals surface area (Å²) in [6.45, 7) is 9.24. The van der Waals surface area contributed by atoms with Crippen molar-refractivity contribution in [2.75, 3.05) is 18.4 Å². The van der Waals surface area contributed by atoms with Crippen molar-refractivity contribution >= 4 is 28.9 Å². The zero-order valence-electron chi connectivity index (χ0n) is 17.7. The summed E-state index contributed by atoms with van der Waals surface area (Å²) in [4.78, 5) is 17.6. The molecule has 0 radical (unpaired) electrons. The number of nitrogens with zero attached hydrogens (tertiary/aromatic N) is 1. The highest BCUT2D eigenvalue weighted by Gasteiger charge is 2.24. The van der Waals surface area contributed by atoms with Gasteiger partial charge in [0.15, 0.2) is 5.96 Å². The van der Waals surface area contributed by atoms with Crippen molar-refractivity contribution in [1.82, 2.24) is 10.6 Å². The van der Waals surface area contributed by atoms with Gasteiger partial charge in [0.25, 0.3) is 0 Å². The number of guanidine groups is 1. The molecule has 0 fully saturated rings. The van der Waals surface area contributed by atoms with Crippen LogP contribution in [0.5, 0.6) is 0 Å². The van der Waals surface area contributed by atoms with Crippen LogP contribution in [-0.4, -0.2) is 30.1 Å². The molecule has 1 aromatic carbocycles. The summed E-state index contributed by atoms with van der Waals surface area (Å²) < 4.78 is 0. The van der Waals surface area contributed by atoms with E-state index in [2.05, 4.69) is 20.9 Å². The first-order valence-corrected chi connectivity index (χ1v) is 10.9. The predicted molar refractivity (Wildman–Crippen MR) is 121 cm³/mol. The lowest BCUT2D eigenvalue weighted by Crippen LogP contribution is -2.44. The molecule has 1 amide bonds. The van der Waals surface area contributed by atoms with E-state index in [0.717, 1.165) is 29.1 Å². The molecule has 2 aromatic rings. The third-order valence-corrected chi connectivity index (χ3v) is 5.79. The third kappa shape index (κ3) is 7.18. The Kier molecular flexibility index (Phi) is 8.67. The summed E-state index contributed by atoms with van der Waals surface area (Å²) in [6, 6.07) is 11.6. The second-order valence-corrected chi connectivity index (χ2v) is 8.25. The average molecular weight is 417 g/mol. The van der Waals surface area contributed by atoms with Gasteiger partial charge in [-0.3, -0.25) is 4.79 Å². The van der Waals surface area contributed by atoms with Crippen molar-refractivity contribution in [3.63, 3.8) is 0 Å². The largest absolute Gasteiger partial charge is 0.383 e. The van der Waals surface area contributed by atoms with Gasteiger partial charge in [-0.25, -0.2) is 4.99 Å². The second-order valence-electron chi connectivity index (χ2n) is 7.30. The molecule has 2 atom stereocenters.